The fourth-order valence-corrected chi connectivity index (χ4v) is 3.34. The van der Waals surface area contributed by atoms with Gasteiger partial charge in [0.25, 0.3) is 5.89 Å². The first-order chi connectivity index (χ1) is 13.8. The summed E-state index contributed by atoms with van der Waals surface area (Å²) in [6, 6.07) is 22.5. The summed E-state index contributed by atoms with van der Waals surface area (Å²) >= 11 is 1.40. The lowest BCUT2D eigenvalue weighted by molar-refractivity contribution is 0.0424. The van der Waals surface area contributed by atoms with Gasteiger partial charge in [-0.05, 0) is 24.3 Å². The molecule has 28 heavy (non-hydrogen) atoms. The molecule has 138 valence electrons. The molecule has 0 aliphatic rings. The highest BCUT2D eigenvalue weighted by molar-refractivity contribution is 7.99. The fourth-order valence-electron chi connectivity index (χ4n) is 2.45. The Labute approximate surface area is 165 Å². The second-order valence-corrected chi connectivity index (χ2v) is 6.79. The third-order valence-electron chi connectivity index (χ3n) is 3.78. The van der Waals surface area contributed by atoms with Gasteiger partial charge in [-0.3, -0.25) is 0 Å². The van der Waals surface area contributed by atoms with Crippen LogP contribution in [0.4, 0.5) is 0 Å². The number of carbonyl (C=O) groups excluding carboxylic acids is 1. The SMILES string of the molecule is O=C(OCc1nc(-c2ccccc2)no1)c1cccnc1Sc1ccccc1. The molecular weight excluding hydrogens is 374 g/mol. The molecule has 0 radical (unpaired) electrons. The van der Waals surface area contributed by atoms with E-state index in [1.165, 1.54) is 11.8 Å². The lowest BCUT2D eigenvalue weighted by Crippen LogP contribution is -2.07. The number of hydrogen-bond donors (Lipinski definition) is 0. The molecule has 0 saturated carbocycles. The van der Waals surface area contributed by atoms with Crippen LogP contribution in [-0.2, 0) is 11.3 Å². The van der Waals surface area contributed by atoms with E-state index in [1.54, 1.807) is 18.3 Å². The van der Waals surface area contributed by atoms with Gasteiger partial charge in [0, 0.05) is 16.7 Å². The third kappa shape index (κ3) is 4.27. The van der Waals surface area contributed by atoms with Crippen LogP contribution in [0.3, 0.4) is 0 Å². The van der Waals surface area contributed by atoms with Crippen LogP contribution in [0.5, 0.6) is 0 Å². The molecule has 0 saturated heterocycles. The van der Waals surface area contributed by atoms with Gasteiger partial charge in [-0.15, -0.1) is 0 Å². The molecule has 0 bridgehead atoms. The van der Waals surface area contributed by atoms with E-state index in [4.69, 9.17) is 9.26 Å². The predicted molar refractivity (Wildman–Crippen MR) is 104 cm³/mol. The Morgan fingerprint density at radius 2 is 1.71 bits per heavy atom. The summed E-state index contributed by atoms with van der Waals surface area (Å²) in [6.07, 6.45) is 1.65. The van der Waals surface area contributed by atoms with Crippen molar-refractivity contribution in [3.8, 4) is 11.4 Å². The number of benzene rings is 2. The van der Waals surface area contributed by atoms with Gasteiger partial charge in [-0.25, -0.2) is 9.78 Å². The largest absolute Gasteiger partial charge is 0.452 e. The molecule has 0 amide bonds. The Balaban J connectivity index is 1.44. The summed E-state index contributed by atoms with van der Waals surface area (Å²) in [4.78, 5) is 22.1. The highest BCUT2D eigenvalue weighted by Crippen LogP contribution is 2.28. The molecule has 0 unspecified atom stereocenters. The van der Waals surface area contributed by atoms with Crippen molar-refractivity contribution in [2.45, 2.75) is 16.5 Å². The van der Waals surface area contributed by atoms with E-state index in [0.29, 0.717) is 16.4 Å². The minimum Gasteiger partial charge on any atom is -0.452 e. The van der Waals surface area contributed by atoms with E-state index >= 15 is 0 Å². The Kier molecular flexibility index (Phi) is 5.44. The number of hydrogen-bond acceptors (Lipinski definition) is 7. The first-order valence-corrected chi connectivity index (χ1v) is 9.34. The smallest absolute Gasteiger partial charge is 0.341 e. The van der Waals surface area contributed by atoms with Crippen molar-refractivity contribution >= 4 is 17.7 Å². The van der Waals surface area contributed by atoms with E-state index < -0.39 is 5.97 Å². The van der Waals surface area contributed by atoms with Crippen molar-refractivity contribution < 1.29 is 14.1 Å². The number of carbonyl (C=O) groups is 1. The highest BCUT2D eigenvalue weighted by Gasteiger charge is 2.17. The van der Waals surface area contributed by atoms with E-state index in [1.807, 2.05) is 60.7 Å². The lowest BCUT2D eigenvalue weighted by atomic mass is 10.2. The van der Waals surface area contributed by atoms with E-state index in [0.717, 1.165) is 10.5 Å². The van der Waals surface area contributed by atoms with Crippen LogP contribution >= 0.6 is 11.8 Å². The average molecular weight is 389 g/mol. The first-order valence-electron chi connectivity index (χ1n) is 8.52. The Bertz CT molecular complexity index is 1070. The minimum absolute atomic E-state index is 0.108. The molecule has 0 atom stereocenters. The Morgan fingerprint density at radius 3 is 2.50 bits per heavy atom. The quantitative estimate of drug-likeness (QED) is 0.445. The molecule has 0 N–H and O–H groups in total. The van der Waals surface area contributed by atoms with Crippen LogP contribution in [0.25, 0.3) is 11.4 Å². The summed E-state index contributed by atoms with van der Waals surface area (Å²) in [5, 5.41) is 4.49. The fraction of sp³-hybridized carbons (Fsp3) is 0.0476. The normalized spacial score (nSPS) is 10.6. The maximum Gasteiger partial charge on any atom is 0.341 e. The molecule has 4 aromatic rings. The van der Waals surface area contributed by atoms with Gasteiger partial charge in [0.15, 0.2) is 6.61 Å². The van der Waals surface area contributed by atoms with E-state index in [-0.39, 0.29) is 12.5 Å². The van der Waals surface area contributed by atoms with Crippen LogP contribution in [0.2, 0.25) is 0 Å². The van der Waals surface area contributed by atoms with Crippen molar-refractivity contribution in [1.82, 2.24) is 15.1 Å². The molecule has 2 aromatic carbocycles. The second kappa shape index (κ2) is 8.49. The molecule has 0 aliphatic heterocycles. The van der Waals surface area contributed by atoms with Gasteiger partial charge in [-0.1, -0.05) is 65.4 Å². The van der Waals surface area contributed by atoms with Gasteiger partial charge in [0.1, 0.15) is 5.03 Å². The molecule has 2 heterocycles. The molecule has 0 aliphatic carbocycles. The van der Waals surface area contributed by atoms with Crippen molar-refractivity contribution in [3.63, 3.8) is 0 Å². The number of ether oxygens (including phenoxy) is 1. The Morgan fingerprint density at radius 1 is 0.964 bits per heavy atom. The third-order valence-corrected chi connectivity index (χ3v) is 4.80. The van der Waals surface area contributed by atoms with E-state index in [9.17, 15) is 4.79 Å². The zero-order valence-electron chi connectivity index (χ0n) is 14.7. The second-order valence-electron chi connectivity index (χ2n) is 5.73. The molecule has 7 heteroatoms. The standard InChI is InChI=1S/C21H15N3O3S/c25-21(17-12-7-13-22-20(17)28-16-10-5-2-6-11-16)26-14-18-23-19(24-27-18)15-8-3-1-4-9-15/h1-13H,14H2. The zero-order valence-corrected chi connectivity index (χ0v) is 15.5. The van der Waals surface area contributed by atoms with Gasteiger partial charge in [-0.2, -0.15) is 4.98 Å². The topological polar surface area (TPSA) is 78.1 Å². The number of nitrogens with zero attached hydrogens (tertiary/aromatic N) is 3. The van der Waals surface area contributed by atoms with Gasteiger partial charge in [0.2, 0.25) is 5.82 Å². The monoisotopic (exact) mass is 389 g/mol. The summed E-state index contributed by atoms with van der Waals surface area (Å²) in [7, 11) is 0. The van der Waals surface area contributed by atoms with Gasteiger partial charge in [0.05, 0.1) is 5.56 Å². The number of esters is 1. The molecular formula is C21H15N3O3S. The molecule has 4 rings (SSSR count). The number of aromatic nitrogens is 3. The maximum atomic E-state index is 12.5. The minimum atomic E-state index is -0.494. The lowest BCUT2D eigenvalue weighted by Gasteiger charge is -2.07. The van der Waals surface area contributed by atoms with Gasteiger partial charge < -0.3 is 9.26 Å². The van der Waals surface area contributed by atoms with Crippen molar-refractivity contribution in [3.05, 3.63) is 90.4 Å². The van der Waals surface area contributed by atoms with Crippen LogP contribution in [0.15, 0.2) is 93.4 Å². The molecule has 2 aromatic heterocycles. The number of rotatable bonds is 6. The van der Waals surface area contributed by atoms with Crippen molar-refractivity contribution in [1.29, 1.82) is 0 Å². The molecule has 0 spiro atoms. The van der Waals surface area contributed by atoms with Crippen molar-refractivity contribution in [2.75, 3.05) is 0 Å². The predicted octanol–water partition coefficient (Wildman–Crippen LogP) is 4.64. The summed E-state index contributed by atoms with van der Waals surface area (Å²) < 4.78 is 10.5. The molecule has 0 fully saturated rings. The van der Waals surface area contributed by atoms with Crippen molar-refractivity contribution in [2.24, 2.45) is 0 Å². The zero-order chi connectivity index (χ0) is 19.2. The summed E-state index contributed by atoms with van der Waals surface area (Å²) in [5.74, 6) is 0.188. The van der Waals surface area contributed by atoms with Gasteiger partial charge >= 0.3 is 5.97 Å². The van der Waals surface area contributed by atoms with Crippen LogP contribution in [0.1, 0.15) is 16.2 Å². The van der Waals surface area contributed by atoms with Crippen LogP contribution in [-0.4, -0.2) is 21.1 Å². The summed E-state index contributed by atoms with van der Waals surface area (Å²) in [6.45, 7) is -0.108. The Hall–Kier alpha value is -3.45. The van der Waals surface area contributed by atoms with E-state index in [2.05, 4.69) is 15.1 Å². The maximum absolute atomic E-state index is 12.5. The average Bonchev–Trinajstić information content (AvgIpc) is 3.23. The van der Waals surface area contributed by atoms with Crippen LogP contribution < -0.4 is 0 Å². The molecule has 6 nitrogen and oxygen atoms in total. The first kappa shape index (κ1) is 17.9. The highest BCUT2D eigenvalue weighted by atomic mass is 32.2. The number of pyridine rings is 1. The van der Waals surface area contributed by atoms with Crippen LogP contribution in [0, 0.1) is 0 Å². The summed E-state index contributed by atoms with van der Waals surface area (Å²) in [5.41, 5.74) is 1.22.